The number of methoxy groups -OCH3 is 1. The second-order valence-electron chi connectivity index (χ2n) is 4.75. The Balaban J connectivity index is 2.06. The number of hydrogen-bond donors (Lipinski definition) is 1. The van der Waals surface area contributed by atoms with Gasteiger partial charge in [-0.25, -0.2) is 0 Å². The first-order valence-corrected chi connectivity index (χ1v) is 6.71. The van der Waals surface area contributed by atoms with Crippen molar-refractivity contribution in [1.29, 1.82) is 0 Å². The lowest BCUT2D eigenvalue weighted by atomic mass is 10.2. The maximum atomic E-state index is 5.93. The van der Waals surface area contributed by atoms with E-state index < -0.39 is 0 Å². The molecule has 5 nitrogen and oxygen atoms in total. The van der Waals surface area contributed by atoms with Gasteiger partial charge >= 0.3 is 0 Å². The fourth-order valence-corrected chi connectivity index (χ4v) is 2.26. The second-order valence-corrected chi connectivity index (χ2v) is 4.75. The van der Waals surface area contributed by atoms with Crippen molar-refractivity contribution in [1.82, 2.24) is 9.38 Å². The number of nitrogens with two attached hydrogens (primary N) is 1. The van der Waals surface area contributed by atoms with Crippen LogP contribution in [0.25, 0.3) is 5.65 Å². The average molecular weight is 283 g/mol. The van der Waals surface area contributed by atoms with Crippen LogP contribution in [0.4, 0.5) is 0 Å². The number of hydrogen-bond acceptors (Lipinski definition) is 4. The Hall–Kier alpha value is -2.53. The second kappa shape index (κ2) is 5.46. The van der Waals surface area contributed by atoms with Crippen LogP contribution in [-0.2, 0) is 6.54 Å². The molecule has 21 heavy (non-hydrogen) atoms. The maximum absolute atomic E-state index is 5.93. The first kappa shape index (κ1) is 13.5. The van der Waals surface area contributed by atoms with Crippen LogP contribution < -0.4 is 15.2 Å². The molecule has 5 heteroatoms. The van der Waals surface area contributed by atoms with Gasteiger partial charge in [-0.2, -0.15) is 4.98 Å². The van der Waals surface area contributed by atoms with Gasteiger partial charge in [0.05, 0.1) is 7.11 Å². The molecule has 2 heterocycles. The molecule has 0 saturated heterocycles. The molecule has 3 aromatic rings. The summed E-state index contributed by atoms with van der Waals surface area (Å²) in [5, 5.41) is 0. The molecule has 0 radical (unpaired) electrons. The zero-order valence-corrected chi connectivity index (χ0v) is 12.0. The maximum Gasteiger partial charge on any atom is 0.242 e. The van der Waals surface area contributed by atoms with Crippen molar-refractivity contribution in [3.8, 4) is 17.4 Å². The molecule has 0 atom stereocenters. The normalized spacial score (nSPS) is 10.8. The van der Waals surface area contributed by atoms with Crippen molar-refractivity contribution in [3.63, 3.8) is 0 Å². The minimum Gasteiger partial charge on any atom is -0.493 e. The van der Waals surface area contributed by atoms with Gasteiger partial charge in [-0.3, -0.25) is 4.40 Å². The highest BCUT2D eigenvalue weighted by molar-refractivity contribution is 5.49. The van der Waals surface area contributed by atoms with Crippen molar-refractivity contribution in [2.45, 2.75) is 13.5 Å². The van der Waals surface area contributed by atoms with E-state index in [1.165, 1.54) is 0 Å². The van der Waals surface area contributed by atoms with E-state index in [1.807, 2.05) is 53.9 Å². The predicted octanol–water partition coefficient (Wildman–Crippen LogP) is 2.90. The van der Waals surface area contributed by atoms with Gasteiger partial charge in [0, 0.05) is 12.7 Å². The van der Waals surface area contributed by atoms with Gasteiger partial charge in [0.2, 0.25) is 5.88 Å². The number of fused-ring (bicyclic) bond motifs is 1. The molecule has 3 rings (SSSR count). The van der Waals surface area contributed by atoms with Gasteiger partial charge in [0.15, 0.2) is 11.5 Å². The monoisotopic (exact) mass is 283 g/mol. The number of imidazole rings is 1. The summed E-state index contributed by atoms with van der Waals surface area (Å²) in [7, 11) is 1.62. The predicted molar refractivity (Wildman–Crippen MR) is 80.9 cm³/mol. The third-order valence-electron chi connectivity index (χ3n) is 3.31. The van der Waals surface area contributed by atoms with Gasteiger partial charge in [-0.1, -0.05) is 12.1 Å². The van der Waals surface area contributed by atoms with Crippen molar-refractivity contribution >= 4 is 5.65 Å². The van der Waals surface area contributed by atoms with Crippen molar-refractivity contribution in [2.24, 2.45) is 5.73 Å². The molecule has 0 aliphatic carbocycles. The van der Waals surface area contributed by atoms with E-state index in [2.05, 4.69) is 4.98 Å². The summed E-state index contributed by atoms with van der Waals surface area (Å²) in [6, 6.07) is 11.5. The first-order valence-electron chi connectivity index (χ1n) is 6.71. The van der Waals surface area contributed by atoms with E-state index >= 15 is 0 Å². The molecular formula is C16H17N3O2. The van der Waals surface area contributed by atoms with E-state index in [1.54, 1.807) is 7.11 Å². The van der Waals surface area contributed by atoms with Crippen LogP contribution in [0, 0.1) is 6.92 Å². The van der Waals surface area contributed by atoms with Crippen molar-refractivity contribution < 1.29 is 9.47 Å². The number of rotatable bonds is 4. The summed E-state index contributed by atoms with van der Waals surface area (Å²) in [5.74, 6) is 1.81. The molecule has 0 unspecified atom stereocenters. The Morgan fingerprint density at radius 2 is 2.05 bits per heavy atom. The van der Waals surface area contributed by atoms with Crippen LogP contribution in [0.1, 0.15) is 11.3 Å². The number of pyridine rings is 1. The number of aryl methyl sites for hydroxylation is 1. The summed E-state index contributed by atoms with van der Waals surface area (Å²) in [6.45, 7) is 2.34. The number of ether oxygens (including phenoxy) is 2. The Labute approximate surface area is 122 Å². The van der Waals surface area contributed by atoms with Gasteiger partial charge in [0.1, 0.15) is 11.3 Å². The smallest absolute Gasteiger partial charge is 0.242 e. The molecule has 108 valence electrons. The zero-order chi connectivity index (χ0) is 14.8. The summed E-state index contributed by atoms with van der Waals surface area (Å²) >= 11 is 0. The molecule has 0 spiro atoms. The quantitative estimate of drug-likeness (QED) is 0.799. The lowest BCUT2D eigenvalue weighted by Crippen LogP contribution is -2.02. The summed E-state index contributed by atoms with van der Waals surface area (Å²) in [4.78, 5) is 4.48. The highest BCUT2D eigenvalue weighted by Gasteiger charge is 2.14. The SMILES string of the molecule is COc1cc(C)ccc1Oc1nc2ccccn2c1CN. The third kappa shape index (κ3) is 2.43. The van der Waals surface area contributed by atoms with Gasteiger partial charge in [0.25, 0.3) is 0 Å². The molecule has 0 amide bonds. The largest absolute Gasteiger partial charge is 0.493 e. The molecule has 0 saturated carbocycles. The molecule has 2 N–H and O–H groups in total. The van der Waals surface area contributed by atoms with Crippen LogP contribution in [0.3, 0.4) is 0 Å². The van der Waals surface area contributed by atoms with E-state index in [0.717, 1.165) is 16.9 Å². The summed E-state index contributed by atoms with van der Waals surface area (Å²) in [6.07, 6.45) is 1.92. The Kier molecular flexibility index (Phi) is 3.50. The fraction of sp³-hybridized carbons (Fsp3) is 0.188. The van der Waals surface area contributed by atoms with Crippen LogP contribution in [-0.4, -0.2) is 16.5 Å². The fourth-order valence-electron chi connectivity index (χ4n) is 2.26. The average Bonchev–Trinajstić information content (AvgIpc) is 2.86. The van der Waals surface area contributed by atoms with Crippen molar-refractivity contribution in [2.75, 3.05) is 7.11 Å². The van der Waals surface area contributed by atoms with Gasteiger partial charge in [-0.15, -0.1) is 0 Å². The minimum absolute atomic E-state index is 0.342. The lowest BCUT2D eigenvalue weighted by molar-refractivity contribution is 0.373. The van der Waals surface area contributed by atoms with E-state index in [0.29, 0.717) is 23.9 Å². The highest BCUT2D eigenvalue weighted by atomic mass is 16.5. The highest BCUT2D eigenvalue weighted by Crippen LogP contribution is 2.33. The van der Waals surface area contributed by atoms with Crippen LogP contribution in [0.5, 0.6) is 17.4 Å². The number of nitrogens with zero attached hydrogens (tertiary/aromatic N) is 2. The summed E-state index contributed by atoms with van der Waals surface area (Å²) in [5.41, 5.74) is 8.57. The molecule has 1 aromatic carbocycles. The topological polar surface area (TPSA) is 61.8 Å². The number of aromatic nitrogens is 2. The van der Waals surface area contributed by atoms with E-state index in [4.69, 9.17) is 15.2 Å². The van der Waals surface area contributed by atoms with Crippen LogP contribution in [0.15, 0.2) is 42.6 Å². The molecule has 0 aliphatic heterocycles. The first-order chi connectivity index (χ1) is 10.2. The zero-order valence-electron chi connectivity index (χ0n) is 12.0. The third-order valence-corrected chi connectivity index (χ3v) is 3.31. The Morgan fingerprint density at radius 1 is 1.19 bits per heavy atom. The minimum atomic E-state index is 0.342. The Morgan fingerprint density at radius 3 is 2.81 bits per heavy atom. The Bertz CT molecular complexity index is 780. The number of benzene rings is 1. The van der Waals surface area contributed by atoms with Gasteiger partial charge < -0.3 is 15.2 Å². The van der Waals surface area contributed by atoms with E-state index in [9.17, 15) is 0 Å². The molecule has 2 aromatic heterocycles. The van der Waals surface area contributed by atoms with E-state index in [-0.39, 0.29) is 0 Å². The molecule has 0 fully saturated rings. The summed E-state index contributed by atoms with van der Waals surface area (Å²) < 4.78 is 13.2. The lowest BCUT2D eigenvalue weighted by Gasteiger charge is -2.10. The van der Waals surface area contributed by atoms with Crippen molar-refractivity contribution in [3.05, 3.63) is 53.9 Å². The molecule has 0 aliphatic rings. The van der Waals surface area contributed by atoms with Crippen LogP contribution >= 0.6 is 0 Å². The van der Waals surface area contributed by atoms with Crippen LogP contribution in [0.2, 0.25) is 0 Å². The van der Waals surface area contributed by atoms with Gasteiger partial charge in [-0.05, 0) is 36.8 Å². The molecular weight excluding hydrogens is 266 g/mol. The molecule has 0 bridgehead atoms. The standard InChI is InChI=1S/C16H17N3O2/c1-11-6-7-13(14(9-11)20-2)21-16-12(10-17)19-8-4-3-5-15(19)18-16/h3-9H,10,17H2,1-2H3.